The molecule has 0 radical (unpaired) electrons. The minimum Gasteiger partial charge on any atom is -0.444 e. The predicted octanol–water partition coefficient (Wildman–Crippen LogP) is 2.78. The Balaban J connectivity index is 1.93. The first-order valence-corrected chi connectivity index (χ1v) is 6.89. The molecule has 0 spiro atoms. The summed E-state index contributed by atoms with van der Waals surface area (Å²) in [5.74, 6) is 2.08. The maximum Gasteiger partial charge on any atom is 0.213 e. The summed E-state index contributed by atoms with van der Waals surface area (Å²) >= 11 is 5.12. The molecular formula is C15H14N4OS. The van der Waals surface area contributed by atoms with Crippen molar-refractivity contribution in [3.8, 4) is 0 Å². The van der Waals surface area contributed by atoms with Crippen LogP contribution in [0.15, 0.2) is 40.9 Å². The average Bonchev–Trinajstić information content (AvgIpc) is 2.89. The summed E-state index contributed by atoms with van der Waals surface area (Å²) in [5, 5.41) is 4.13. The third kappa shape index (κ3) is 2.85. The summed E-state index contributed by atoms with van der Waals surface area (Å²) in [5.41, 5.74) is 7.45. The number of para-hydroxylation sites is 1. The number of pyridine rings is 1. The quantitative estimate of drug-likeness (QED) is 0.721. The lowest BCUT2D eigenvalue weighted by atomic mass is 10.1. The summed E-state index contributed by atoms with van der Waals surface area (Å²) in [7, 11) is 0. The van der Waals surface area contributed by atoms with Crippen molar-refractivity contribution in [2.45, 2.75) is 13.5 Å². The number of aryl methyl sites for hydroxylation is 1. The number of nitrogens with zero attached hydrogens (tertiary/aromatic N) is 2. The van der Waals surface area contributed by atoms with Gasteiger partial charge >= 0.3 is 0 Å². The van der Waals surface area contributed by atoms with Gasteiger partial charge in [-0.3, -0.25) is 0 Å². The van der Waals surface area contributed by atoms with Gasteiger partial charge in [0.05, 0.1) is 18.3 Å². The van der Waals surface area contributed by atoms with Crippen LogP contribution in [0.4, 0.5) is 5.82 Å². The molecule has 0 atom stereocenters. The van der Waals surface area contributed by atoms with Gasteiger partial charge in [-0.25, -0.2) is 9.97 Å². The molecule has 106 valence electrons. The average molecular weight is 298 g/mol. The van der Waals surface area contributed by atoms with Gasteiger partial charge in [0.1, 0.15) is 16.6 Å². The van der Waals surface area contributed by atoms with Gasteiger partial charge in [-0.1, -0.05) is 30.4 Å². The van der Waals surface area contributed by atoms with Crippen molar-refractivity contribution in [3.05, 3.63) is 53.7 Å². The first-order valence-electron chi connectivity index (χ1n) is 6.48. The molecule has 3 N–H and O–H groups in total. The van der Waals surface area contributed by atoms with E-state index >= 15 is 0 Å². The highest BCUT2D eigenvalue weighted by Crippen LogP contribution is 2.21. The summed E-state index contributed by atoms with van der Waals surface area (Å²) in [6, 6.07) is 9.60. The van der Waals surface area contributed by atoms with Crippen LogP contribution in [0.3, 0.4) is 0 Å². The van der Waals surface area contributed by atoms with E-state index in [1.807, 2.05) is 37.3 Å². The van der Waals surface area contributed by atoms with Gasteiger partial charge in [-0.2, -0.15) is 0 Å². The van der Waals surface area contributed by atoms with Crippen molar-refractivity contribution in [1.29, 1.82) is 0 Å². The van der Waals surface area contributed by atoms with E-state index in [0.29, 0.717) is 23.2 Å². The highest BCUT2D eigenvalue weighted by Gasteiger charge is 2.08. The summed E-state index contributed by atoms with van der Waals surface area (Å²) in [6.45, 7) is 2.31. The SMILES string of the molecule is Cc1cnc(CNc2cc(C(N)=S)c3ccccc3n2)o1. The second-order valence-electron chi connectivity index (χ2n) is 4.65. The van der Waals surface area contributed by atoms with Crippen LogP contribution in [0.5, 0.6) is 0 Å². The van der Waals surface area contributed by atoms with Crippen LogP contribution in [0.25, 0.3) is 10.9 Å². The molecule has 0 bridgehead atoms. The number of hydrogen-bond donors (Lipinski definition) is 2. The minimum atomic E-state index is 0.351. The molecule has 2 heterocycles. The molecule has 5 nitrogen and oxygen atoms in total. The Morgan fingerprint density at radius 3 is 2.90 bits per heavy atom. The fourth-order valence-electron chi connectivity index (χ4n) is 2.12. The normalized spacial score (nSPS) is 10.7. The number of nitrogens with two attached hydrogens (primary N) is 1. The lowest BCUT2D eigenvalue weighted by Gasteiger charge is -2.09. The van der Waals surface area contributed by atoms with E-state index in [2.05, 4.69) is 15.3 Å². The monoisotopic (exact) mass is 298 g/mol. The van der Waals surface area contributed by atoms with Crippen LogP contribution in [-0.2, 0) is 6.54 Å². The maximum absolute atomic E-state index is 5.80. The van der Waals surface area contributed by atoms with E-state index in [1.54, 1.807) is 6.20 Å². The van der Waals surface area contributed by atoms with E-state index < -0.39 is 0 Å². The van der Waals surface area contributed by atoms with Gasteiger partial charge in [0, 0.05) is 10.9 Å². The zero-order valence-corrected chi connectivity index (χ0v) is 12.3. The van der Waals surface area contributed by atoms with E-state index in [1.165, 1.54) is 0 Å². The van der Waals surface area contributed by atoms with E-state index in [0.717, 1.165) is 22.2 Å². The van der Waals surface area contributed by atoms with E-state index in [4.69, 9.17) is 22.4 Å². The molecule has 0 aliphatic rings. The zero-order valence-electron chi connectivity index (χ0n) is 11.5. The van der Waals surface area contributed by atoms with Crippen LogP contribution in [0.1, 0.15) is 17.2 Å². The third-order valence-electron chi connectivity index (χ3n) is 3.07. The number of rotatable bonds is 4. The summed E-state index contributed by atoms with van der Waals surface area (Å²) in [6.07, 6.45) is 1.69. The number of nitrogens with one attached hydrogen (secondary N) is 1. The summed E-state index contributed by atoms with van der Waals surface area (Å²) in [4.78, 5) is 9.04. The highest BCUT2D eigenvalue weighted by atomic mass is 32.1. The van der Waals surface area contributed by atoms with Gasteiger partial charge in [0.25, 0.3) is 0 Å². The number of thiocarbonyl (C=S) groups is 1. The lowest BCUT2D eigenvalue weighted by Crippen LogP contribution is -2.12. The van der Waals surface area contributed by atoms with Crippen molar-refractivity contribution >= 4 is 33.9 Å². The van der Waals surface area contributed by atoms with Crippen molar-refractivity contribution in [2.24, 2.45) is 5.73 Å². The van der Waals surface area contributed by atoms with E-state index in [9.17, 15) is 0 Å². The number of hydrogen-bond acceptors (Lipinski definition) is 5. The Labute approximate surface area is 127 Å². The number of aromatic nitrogens is 2. The fraction of sp³-hybridized carbons (Fsp3) is 0.133. The Bertz CT molecular complexity index is 812. The van der Waals surface area contributed by atoms with Crippen LogP contribution >= 0.6 is 12.2 Å². The van der Waals surface area contributed by atoms with Crippen LogP contribution in [0, 0.1) is 6.92 Å². The maximum atomic E-state index is 5.80. The number of benzene rings is 1. The van der Waals surface area contributed by atoms with Crippen molar-refractivity contribution in [1.82, 2.24) is 9.97 Å². The Hall–Kier alpha value is -2.47. The van der Waals surface area contributed by atoms with Gasteiger partial charge < -0.3 is 15.5 Å². The van der Waals surface area contributed by atoms with Gasteiger partial charge in [-0.05, 0) is 19.1 Å². The zero-order chi connectivity index (χ0) is 14.8. The molecule has 0 fully saturated rings. The molecule has 3 rings (SSSR count). The largest absolute Gasteiger partial charge is 0.444 e. The Morgan fingerprint density at radius 1 is 1.38 bits per heavy atom. The van der Waals surface area contributed by atoms with E-state index in [-0.39, 0.29) is 0 Å². The topological polar surface area (TPSA) is 77.0 Å². The molecule has 3 aromatic rings. The van der Waals surface area contributed by atoms with Gasteiger partial charge in [-0.15, -0.1) is 0 Å². The molecule has 0 aliphatic heterocycles. The molecule has 2 aromatic heterocycles. The van der Waals surface area contributed by atoms with Crippen LogP contribution in [0.2, 0.25) is 0 Å². The van der Waals surface area contributed by atoms with Crippen LogP contribution in [-0.4, -0.2) is 15.0 Å². The molecule has 0 saturated carbocycles. The Morgan fingerprint density at radius 2 is 2.19 bits per heavy atom. The second kappa shape index (κ2) is 5.49. The first kappa shape index (κ1) is 13.5. The first-order chi connectivity index (χ1) is 10.1. The number of fused-ring (bicyclic) bond motifs is 1. The van der Waals surface area contributed by atoms with Crippen molar-refractivity contribution < 1.29 is 4.42 Å². The molecule has 0 saturated heterocycles. The summed E-state index contributed by atoms with van der Waals surface area (Å²) < 4.78 is 5.42. The number of oxazole rings is 1. The standard InChI is InChI=1S/C15H14N4OS/c1-9-7-18-14(20-9)8-17-13-6-11(15(16)21)10-4-2-3-5-12(10)19-13/h2-7H,8H2,1H3,(H2,16,21)(H,17,19). The smallest absolute Gasteiger partial charge is 0.213 e. The molecular weight excluding hydrogens is 284 g/mol. The lowest BCUT2D eigenvalue weighted by molar-refractivity contribution is 0.479. The van der Waals surface area contributed by atoms with Crippen molar-refractivity contribution in [3.63, 3.8) is 0 Å². The van der Waals surface area contributed by atoms with Crippen LogP contribution < -0.4 is 11.1 Å². The molecule has 1 aromatic carbocycles. The molecule has 0 aliphatic carbocycles. The highest BCUT2D eigenvalue weighted by molar-refractivity contribution is 7.80. The van der Waals surface area contributed by atoms with Crippen molar-refractivity contribution in [2.75, 3.05) is 5.32 Å². The van der Waals surface area contributed by atoms with Gasteiger partial charge in [0.2, 0.25) is 5.89 Å². The molecule has 0 amide bonds. The Kier molecular flexibility index (Phi) is 3.53. The van der Waals surface area contributed by atoms with Gasteiger partial charge in [0.15, 0.2) is 0 Å². The molecule has 21 heavy (non-hydrogen) atoms. The second-order valence-corrected chi connectivity index (χ2v) is 5.09. The third-order valence-corrected chi connectivity index (χ3v) is 3.29. The predicted molar refractivity (Wildman–Crippen MR) is 86.2 cm³/mol. The number of anilines is 1. The molecule has 6 heteroatoms. The fourth-order valence-corrected chi connectivity index (χ4v) is 2.29. The minimum absolute atomic E-state index is 0.351. The molecule has 0 unspecified atom stereocenters.